The lowest BCUT2D eigenvalue weighted by Crippen LogP contribution is -2.46. The van der Waals surface area contributed by atoms with Gasteiger partial charge in [0, 0.05) is 39.1 Å². The molecule has 4 nitrogen and oxygen atoms in total. The smallest absolute Gasteiger partial charge is 0.154 e. The molecule has 0 saturated carbocycles. The van der Waals surface area contributed by atoms with Crippen LogP contribution in [0, 0.1) is 13.8 Å². The third-order valence-electron chi connectivity index (χ3n) is 5.48. The molecule has 1 fully saturated rings. The molecule has 2 heterocycles. The Balaban J connectivity index is 1.66. The molecule has 0 unspecified atom stereocenters. The van der Waals surface area contributed by atoms with Crippen LogP contribution >= 0.6 is 0 Å². The summed E-state index contributed by atoms with van der Waals surface area (Å²) in [4.78, 5) is 4.88. The maximum absolute atomic E-state index is 4.59. The lowest BCUT2D eigenvalue weighted by molar-refractivity contribution is 0.249. The fourth-order valence-electron chi connectivity index (χ4n) is 3.61. The predicted molar refractivity (Wildman–Crippen MR) is 118 cm³/mol. The van der Waals surface area contributed by atoms with Crippen molar-refractivity contribution < 1.29 is 0 Å². The molecule has 1 aromatic heterocycles. The van der Waals surface area contributed by atoms with Gasteiger partial charge in [-0.05, 0) is 36.1 Å². The van der Waals surface area contributed by atoms with Crippen LogP contribution in [0.5, 0.6) is 0 Å². The number of rotatable bonds is 7. The molecule has 3 rings (SSSR count). The van der Waals surface area contributed by atoms with Crippen molar-refractivity contribution in [2.75, 3.05) is 31.1 Å². The van der Waals surface area contributed by atoms with Gasteiger partial charge in [-0.2, -0.15) is 5.10 Å². The van der Waals surface area contributed by atoms with E-state index in [4.69, 9.17) is 0 Å². The van der Waals surface area contributed by atoms with Gasteiger partial charge in [0.1, 0.15) is 0 Å². The van der Waals surface area contributed by atoms with Crippen molar-refractivity contribution in [1.29, 1.82) is 0 Å². The molecular formula is C24H30N4. The van der Waals surface area contributed by atoms with E-state index in [1.165, 1.54) is 16.7 Å². The third kappa shape index (κ3) is 4.76. The molecular weight excluding hydrogens is 344 g/mol. The summed E-state index contributed by atoms with van der Waals surface area (Å²) >= 11 is 0. The van der Waals surface area contributed by atoms with E-state index in [2.05, 4.69) is 77.3 Å². The van der Waals surface area contributed by atoms with Gasteiger partial charge in [-0.1, -0.05) is 61.7 Å². The van der Waals surface area contributed by atoms with E-state index < -0.39 is 0 Å². The molecule has 0 radical (unpaired) electrons. The Labute approximate surface area is 168 Å². The Morgan fingerprint density at radius 3 is 2.36 bits per heavy atom. The van der Waals surface area contributed by atoms with Crippen LogP contribution in [0.15, 0.2) is 67.3 Å². The number of aromatic nitrogens is 2. The van der Waals surface area contributed by atoms with Crippen LogP contribution in [0.3, 0.4) is 0 Å². The molecule has 1 aliphatic rings. The van der Waals surface area contributed by atoms with Crippen molar-refractivity contribution >= 4 is 5.82 Å². The molecule has 0 amide bonds. The molecule has 0 aliphatic carbocycles. The van der Waals surface area contributed by atoms with Crippen LogP contribution in [0.2, 0.25) is 0 Å². The summed E-state index contributed by atoms with van der Waals surface area (Å²) in [5.74, 6) is 1.02. The van der Waals surface area contributed by atoms with Crippen molar-refractivity contribution in [2.45, 2.75) is 26.8 Å². The highest BCUT2D eigenvalue weighted by atomic mass is 15.3. The van der Waals surface area contributed by atoms with Crippen LogP contribution in [0.4, 0.5) is 5.82 Å². The van der Waals surface area contributed by atoms with Crippen LogP contribution in [0.1, 0.15) is 22.4 Å². The summed E-state index contributed by atoms with van der Waals surface area (Å²) < 4.78 is 0. The van der Waals surface area contributed by atoms with Gasteiger partial charge in [0.05, 0.1) is 5.69 Å². The van der Waals surface area contributed by atoms with Gasteiger partial charge in [0.25, 0.3) is 0 Å². The van der Waals surface area contributed by atoms with E-state index in [1.54, 1.807) is 6.08 Å². The highest BCUT2D eigenvalue weighted by Gasteiger charge is 2.21. The van der Waals surface area contributed by atoms with Crippen molar-refractivity contribution in [3.8, 4) is 0 Å². The quantitative estimate of drug-likeness (QED) is 0.678. The topological polar surface area (TPSA) is 32.3 Å². The van der Waals surface area contributed by atoms with E-state index in [-0.39, 0.29) is 0 Å². The van der Waals surface area contributed by atoms with E-state index in [0.717, 1.165) is 56.2 Å². The number of anilines is 1. The van der Waals surface area contributed by atoms with Crippen molar-refractivity contribution in [1.82, 2.24) is 15.1 Å². The second-order valence-corrected chi connectivity index (χ2v) is 7.33. The van der Waals surface area contributed by atoms with Crippen LogP contribution in [0.25, 0.3) is 0 Å². The van der Waals surface area contributed by atoms with Gasteiger partial charge in [-0.25, -0.2) is 0 Å². The molecule has 1 saturated heterocycles. The number of hydrogen-bond donors (Lipinski definition) is 0. The minimum atomic E-state index is 0.736. The zero-order chi connectivity index (χ0) is 19.9. The van der Waals surface area contributed by atoms with Crippen molar-refractivity contribution in [2.24, 2.45) is 0 Å². The first-order chi connectivity index (χ1) is 13.6. The summed E-state index contributed by atoms with van der Waals surface area (Å²) in [6.07, 6.45) is 6.36. The molecule has 28 heavy (non-hydrogen) atoms. The molecule has 4 heteroatoms. The normalized spacial score (nSPS) is 15.5. The van der Waals surface area contributed by atoms with E-state index in [1.807, 2.05) is 12.2 Å². The SMILES string of the molecule is C=C/C=C(\C=C)Cc1nnc(N2CCN(Cc3ccccc3)CC2)c(C)c1C. The zero-order valence-electron chi connectivity index (χ0n) is 17.1. The van der Waals surface area contributed by atoms with Crippen molar-refractivity contribution in [3.63, 3.8) is 0 Å². The predicted octanol–water partition coefficient (Wildman–Crippen LogP) is 4.26. The Morgan fingerprint density at radius 1 is 1.00 bits per heavy atom. The van der Waals surface area contributed by atoms with E-state index in [0.29, 0.717) is 0 Å². The highest BCUT2D eigenvalue weighted by molar-refractivity contribution is 5.51. The van der Waals surface area contributed by atoms with Gasteiger partial charge in [0.15, 0.2) is 5.82 Å². The number of hydrogen-bond acceptors (Lipinski definition) is 4. The molecule has 1 aliphatic heterocycles. The fourth-order valence-corrected chi connectivity index (χ4v) is 3.61. The number of allylic oxidation sites excluding steroid dienone is 4. The standard InChI is InChI=1S/C24H30N4/c1-5-10-21(6-2)17-23-19(3)20(4)24(26-25-23)28-15-13-27(14-16-28)18-22-11-8-7-9-12-22/h5-12H,1-2,13-18H2,3-4H3/b21-10+. The Morgan fingerprint density at radius 2 is 1.71 bits per heavy atom. The summed E-state index contributed by atoms with van der Waals surface area (Å²) in [5, 5.41) is 9.13. The van der Waals surface area contributed by atoms with Gasteiger partial charge in [-0.3, -0.25) is 4.90 Å². The average Bonchev–Trinajstić information content (AvgIpc) is 2.72. The highest BCUT2D eigenvalue weighted by Crippen LogP contribution is 2.24. The van der Waals surface area contributed by atoms with Gasteiger partial charge in [0.2, 0.25) is 0 Å². The minimum absolute atomic E-state index is 0.736. The number of nitrogens with zero attached hydrogens (tertiary/aromatic N) is 4. The first-order valence-electron chi connectivity index (χ1n) is 9.90. The molecule has 0 N–H and O–H groups in total. The maximum atomic E-state index is 4.59. The van der Waals surface area contributed by atoms with Crippen LogP contribution < -0.4 is 4.90 Å². The summed E-state index contributed by atoms with van der Waals surface area (Å²) in [6, 6.07) is 10.7. The average molecular weight is 375 g/mol. The fraction of sp³-hybridized carbons (Fsp3) is 0.333. The second kappa shape index (κ2) is 9.47. The zero-order valence-corrected chi connectivity index (χ0v) is 17.1. The Bertz CT molecular complexity index is 846. The van der Waals surface area contributed by atoms with E-state index >= 15 is 0 Å². The van der Waals surface area contributed by atoms with E-state index in [9.17, 15) is 0 Å². The Hall–Kier alpha value is -2.72. The minimum Gasteiger partial charge on any atom is -0.352 e. The molecule has 0 spiro atoms. The largest absolute Gasteiger partial charge is 0.352 e. The lowest BCUT2D eigenvalue weighted by Gasteiger charge is -2.36. The van der Waals surface area contributed by atoms with Crippen LogP contribution in [-0.4, -0.2) is 41.3 Å². The van der Waals surface area contributed by atoms with Gasteiger partial charge in [-0.15, -0.1) is 5.10 Å². The summed E-state index contributed by atoms with van der Waals surface area (Å²) in [5.41, 5.74) is 5.93. The first kappa shape index (κ1) is 20.0. The lowest BCUT2D eigenvalue weighted by atomic mass is 10.0. The molecule has 1 aromatic carbocycles. The third-order valence-corrected chi connectivity index (χ3v) is 5.48. The van der Waals surface area contributed by atoms with Crippen LogP contribution in [-0.2, 0) is 13.0 Å². The monoisotopic (exact) mass is 374 g/mol. The summed E-state index contributed by atoms with van der Waals surface area (Å²) in [6.45, 7) is 17.0. The van der Waals surface area contributed by atoms with Gasteiger partial charge < -0.3 is 4.90 Å². The van der Waals surface area contributed by atoms with Crippen molar-refractivity contribution in [3.05, 3.63) is 89.7 Å². The first-order valence-corrected chi connectivity index (χ1v) is 9.90. The number of benzene rings is 1. The number of piperazine rings is 1. The van der Waals surface area contributed by atoms with Gasteiger partial charge >= 0.3 is 0 Å². The summed E-state index contributed by atoms with van der Waals surface area (Å²) in [7, 11) is 0. The Kier molecular flexibility index (Phi) is 6.77. The molecule has 2 aromatic rings. The maximum Gasteiger partial charge on any atom is 0.154 e. The molecule has 0 atom stereocenters. The molecule has 146 valence electrons. The molecule has 0 bridgehead atoms. The second-order valence-electron chi connectivity index (χ2n) is 7.33.